The van der Waals surface area contributed by atoms with E-state index in [9.17, 15) is 18.0 Å². The van der Waals surface area contributed by atoms with Crippen LogP contribution in [0, 0.1) is 5.92 Å². The molecule has 1 aromatic rings. The Hall–Kier alpha value is -1.93. The lowest BCUT2D eigenvalue weighted by Gasteiger charge is -2.30. The Morgan fingerprint density at radius 1 is 1.10 bits per heavy atom. The molecule has 0 saturated carbocycles. The molecule has 3 rings (SSSR count). The SMILES string of the molecule is CCN(CC)C(=O)COC(=O)C1CCN(S(=O)(=O)c2ccc3c(c2)CCC3)CC1. The number of hydrogen-bond acceptors (Lipinski definition) is 5. The molecular weight excluding hydrogens is 392 g/mol. The summed E-state index contributed by atoms with van der Waals surface area (Å²) in [7, 11) is -3.56. The summed E-state index contributed by atoms with van der Waals surface area (Å²) >= 11 is 0. The zero-order chi connectivity index (χ0) is 21.0. The number of likely N-dealkylation sites (N-methyl/N-ethyl adjacent to an activating group) is 1. The van der Waals surface area contributed by atoms with Gasteiger partial charge in [0.2, 0.25) is 10.0 Å². The quantitative estimate of drug-likeness (QED) is 0.628. The van der Waals surface area contributed by atoms with Crippen molar-refractivity contribution >= 4 is 21.9 Å². The van der Waals surface area contributed by atoms with Crippen molar-refractivity contribution in [2.45, 2.75) is 50.8 Å². The van der Waals surface area contributed by atoms with Gasteiger partial charge in [0.15, 0.2) is 6.61 Å². The molecule has 0 aromatic heterocycles. The third kappa shape index (κ3) is 4.80. The summed E-state index contributed by atoms with van der Waals surface area (Å²) in [6.07, 6.45) is 3.83. The van der Waals surface area contributed by atoms with E-state index in [2.05, 4.69) is 0 Å². The molecular formula is C21H30N2O5S. The first-order valence-corrected chi connectivity index (χ1v) is 11.9. The molecule has 2 aliphatic rings. The third-order valence-electron chi connectivity index (χ3n) is 5.95. The summed E-state index contributed by atoms with van der Waals surface area (Å²) in [6.45, 7) is 5.21. The van der Waals surface area contributed by atoms with Gasteiger partial charge in [-0.2, -0.15) is 4.31 Å². The molecule has 7 nitrogen and oxygen atoms in total. The number of benzene rings is 1. The molecule has 0 bridgehead atoms. The average Bonchev–Trinajstić information content (AvgIpc) is 3.21. The predicted molar refractivity (Wildman–Crippen MR) is 109 cm³/mol. The fraction of sp³-hybridized carbons (Fsp3) is 0.619. The Morgan fingerprint density at radius 3 is 2.41 bits per heavy atom. The molecule has 1 aliphatic carbocycles. The molecule has 0 N–H and O–H groups in total. The number of ether oxygens (including phenoxy) is 1. The normalized spacial score (nSPS) is 17.7. The number of sulfonamides is 1. The van der Waals surface area contributed by atoms with Gasteiger partial charge in [0.05, 0.1) is 10.8 Å². The minimum atomic E-state index is -3.56. The summed E-state index contributed by atoms with van der Waals surface area (Å²) < 4.78 is 32.6. The highest BCUT2D eigenvalue weighted by Gasteiger charge is 2.33. The maximum absolute atomic E-state index is 13.0. The Morgan fingerprint density at radius 2 is 1.76 bits per heavy atom. The lowest BCUT2D eigenvalue weighted by molar-refractivity contribution is -0.156. The average molecular weight is 423 g/mol. The second-order valence-corrected chi connectivity index (χ2v) is 9.57. The molecule has 0 atom stereocenters. The summed E-state index contributed by atoms with van der Waals surface area (Å²) in [5.41, 5.74) is 2.37. The Bertz CT molecular complexity index is 856. The van der Waals surface area contributed by atoms with E-state index < -0.39 is 16.0 Å². The van der Waals surface area contributed by atoms with Gasteiger partial charge < -0.3 is 9.64 Å². The Kier molecular flexibility index (Phi) is 6.95. The number of carbonyl (C=O) groups is 2. The highest BCUT2D eigenvalue weighted by molar-refractivity contribution is 7.89. The fourth-order valence-corrected chi connectivity index (χ4v) is 5.63. The van der Waals surface area contributed by atoms with Crippen LogP contribution >= 0.6 is 0 Å². The number of hydrogen-bond donors (Lipinski definition) is 0. The van der Waals surface area contributed by atoms with E-state index in [1.165, 1.54) is 9.87 Å². The Labute approximate surface area is 173 Å². The molecule has 8 heteroatoms. The number of esters is 1. The number of carbonyl (C=O) groups excluding carboxylic acids is 2. The topological polar surface area (TPSA) is 84.0 Å². The lowest BCUT2D eigenvalue weighted by Crippen LogP contribution is -2.41. The van der Waals surface area contributed by atoms with Crippen LogP contribution < -0.4 is 0 Å². The summed E-state index contributed by atoms with van der Waals surface area (Å²) in [5.74, 6) is -0.994. The molecule has 1 fully saturated rings. The number of amides is 1. The van der Waals surface area contributed by atoms with Gasteiger partial charge in [-0.1, -0.05) is 6.07 Å². The second-order valence-electron chi connectivity index (χ2n) is 7.64. The number of rotatable bonds is 7. The number of nitrogens with zero attached hydrogens (tertiary/aromatic N) is 2. The Balaban J connectivity index is 1.54. The largest absolute Gasteiger partial charge is 0.455 e. The van der Waals surface area contributed by atoms with Crippen molar-refractivity contribution in [1.82, 2.24) is 9.21 Å². The summed E-state index contributed by atoms with van der Waals surface area (Å²) in [6, 6.07) is 5.42. The molecule has 0 radical (unpaired) electrons. The minimum absolute atomic E-state index is 0.208. The van der Waals surface area contributed by atoms with E-state index in [1.807, 2.05) is 19.9 Å². The van der Waals surface area contributed by atoms with Crippen LogP contribution in [0.2, 0.25) is 0 Å². The molecule has 1 aliphatic heterocycles. The fourth-order valence-electron chi connectivity index (χ4n) is 4.11. The predicted octanol–water partition coefficient (Wildman–Crippen LogP) is 1.99. The van der Waals surface area contributed by atoms with E-state index in [0.717, 1.165) is 24.8 Å². The first-order valence-electron chi connectivity index (χ1n) is 10.4. The zero-order valence-corrected chi connectivity index (χ0v) is 18.0. The molecule has 1 amide bonds. The van der Waals surface area contributed by atoms with Gasteiger partial charge in [0.1, 0.15) is 0 Å². The van der Waals surface area contributed by atoms with E-state index in [0.29, 0.717) is 30.8 Å². The minimum Gasteiger partial charge on any atom is -0.455 e. The number of aryl methyl sites for hydroxylation is 2. The highest BCUT2D eigenvalue weighted by atomic mass is 32.2. The van der Waals surface area contributed by atoms with Crippen LogP contribution in [0.15, 0.2) is 23.1 Å². The maximum Gasteiger partial charge on any atom is 0.309 e. The van der Waals surface area contributed by atoms with Crippen molar-refractivity contribution in [3.8, 4) is 0 Å². The van der Waals surface area contributed by atoms with Crippen molar-refractivity contribution in [3.05, 3.63) is 29.3 Å². The van der Waals surface area contributed by atoms with E-state index in [4.69, 9.17) is 4.74 Å². The summed E-state index contributed by atoms with van der Waals surface area (Å²) in [5, 5.41) is 0. The van der Waals surface area contributed by atoms with Crippen molar-refractivity contribution in [2.75, 3.05) is 32.8 Å². The first-order chi connectivity index (χ1) is 13.9. The molecule has 29 heavy (non-hydrogen) atoms. The van der Waals surface area contributed by atoms with Crippen LogP contribution in [-0.2, 0) is 37.2 Å². The van der Waals surface area contributed by atoms with Crippen molar-refractivity contribution < 1.29 is 22.7 Å². The van der Waals surface area contributed by atoms with Crippen molar-refractivity contribution in [1.29, 1.82) is 0 Å². The van der Waals surface area contributed by atoms with Crippen molar-refractivity contribution in [3.63, 3.8) is 0 Å². The molecule has 0 unspecified atom stereocenters. The van der Waals surface area contributed by atoms with Gasteiger partial charge in [0.25, 0.3) is 5.91 Å². The number of fused-ring (bicyclic) bond motifs is 1. The van der Waals surface area contributed by atoms with Crippen LogP contribution in [-0.4, -0.2) is 62.3 Å². The molecule has 160 valence electrons. The van der Waals surface area contributed by atoms with E-state index >= 15 is 0 Å². The van der Waals surface area contributed by atoms with Crippen LogP contribution in [0.3, 0.4) is 0 Å². The molecule has 0 spiro atoms. The lowest BCUT2D eigenvalue weighted by atomic mass is 9.98. The zero-order valence-electron chi connectivity index (χ0n) is 17.2. The maximum atomic E-state index is 13.0. The van der Waals surface area contributed by atoms with Crippen LogP contribution in [0.1, 0.15) is 44.2 Å². The van der Waals surface area contributed by atoms with Gasteiger partial charge in [0, 0.05) is 26.2 Å². The van der Waals surface area contributed by atoms with Gasteiger partial charge in [-0.15, -0.1) is 0 Å². The van der Waals surface area contributed by atoms with Gasteiger partial charge in [-0.3, -0.25) is 9.59 Å². The summed E-state index contributed by atoms with van der Waals surface area (Å²) in [4.78, 5) is 26.2. The number of piperidine rings is 1. The smallest absolute Gasteiger partial charge is 0.309 e. The van der Waals surface area contributed by atoms with E-state index in [1.54, 1.807) is 17.0 Å². The molecule has 1 aromatic carbocycles. The monoisotopic (exact) mass is 422 g/mol. The molecule has 1 heterocycles. The van der Waals surface area contributed by atoms with Crippen LogP contribution in [0.4, 0.5) is 0 Å². The van der Waals surface area contributed by atoms with Crippen molar-refractivity contribution in [2.24, 2.45) is 5.92 Å². The highest BCUT2D eigenvalue weighted by Crippen LogP contribution is 2.28. The second kappa shape index (κ2) is 9.26. The standard InChI is InChI=1S/C21H30N2O5S/c1-3-22(4-2)20(24)15-28-21(25)17-10-12-23(13-11-17)29(26,27)19-9-8-16-6-5-7-18(16)14-19/h8-9,14,17H,3-7,10-13,15H2,1-2H3. The van der Waals surface area contributed by atoms with Gasteiger partial charge in [-0.05, 0) is 69.2 Å². The van der Waals surface area contributed by atoms with Crippen LogP contribution in [0.5, 0.6) is 0 Å². The van der Waals surface area contributed by atoms with Gasteiger partial charge in [-0.25, -0.2) is 8.42 Å². The van der Waals surface area contributed by atoms with Crippen LogP contribution in [0.25, 0.3) is 0 Å². The third-order valence-corrected chi connectivity index (χ3v) is 7.84. The molecule has 1 saturated heterocycles. The van der Waals surface area contributed by atoms with Gasteiger partial charge >= 0.3 is 5.97 Å². The first kappa shape index (κ1) is 21.8. The van der Waals surface area contributed by atoms with E-state index in [-0.39, 0.29) is 31.5 Å².